The summed E-state index contributed by atoms with van der Waals surface area (Å²) in [5, 5.41) is 8.69. The first kappa shape index (κ1) is 12.6. The quantitative estimate of drug-likeness (QED) is 0.826. The van der Waals surface area contributed by atoms with Crippen LogP contribution in [0, 0.1) is 11.3 Å². The Labute approximate surface area is 110 Å². The molecule has 0 aliphatic carbocycles. The van der Waals surface area contributed by atoms with Gasteiger partial charge in [-0.3, -0.25) is 4.79 Å². The molecule has 0 spiro atoms. The van der Waals surface area contributed by atoms with Crippen molar-refractivity contribution in [3.8, 4) is 6.07 Å². The van der Waals surface area contributed by atoms with Crippen molar-refractivity contribution in [3.63, 3.8) is 0 Å². The molecule has 1 amide bonds. The van der Waals surface area contributed by atoms with E-state index in [-0.39, 0.29) is 11.6 Å². The zero-order chi connectivity index (χ0) is 13.8. The largest absolute Gasteiger partial charge is 0.397 e. The topological polar surface area (TPSA) is 83.0 Å². The van der Waals surface area contributed by atoms with E-state index in [1.807, 2.05) is 12.1 Å². The van der Waals surface area contributed by atoms with Gasteiger partial charge in [-0.25, -0.2) is 4.98 Å². The van der Waals surface area contributed by atoms with Crippen molar-refractivity contribution in [1.29, 1.82) is 5.26 Å². The highest BCUT2D eigenvalue weighted by Crippen LogP contribution is 2.22. The number of rotatable bonds is 2. The van der Waals surface area contributed by atoms with Gasteiger partial charge in [-0.15, -0.1) is 0 Å². The van der Waals surface area contributed by atoms with Crippen LogP contribution < -0.4 is 10.6 Å². The molecule has 0 fully saturated rings. The summed E-state index contributed by atoms with van der Waals surface area (Å²) >= 11 is 0. The molecule has 19 heavy (non-hydrogen) atoms. The Morgan fingerprint density at radius 2 is 2.05 bits per heavy atom. The normalized spacial score (nSPS) is 9.68. The molecule has 0 radical (unpaired) electrons. The van der Waals surface area contributed by atoms with Crippen LogP contribution in [0.3, 0.4) is 0 Å². The molecular weight excluding hydrogens is 240 g/mol. The maximum absolute atomic E-state index is 12.2. The number of amides is 1. The first-order valence-electron chi connectivity index (χ1n) is 5.62. The molecule has 2 aromatic rings. The Balaban J connectivity index is 2.29. The van der Waals surface area contributed by atoms with Gasteiger partial charge in [0.15, 0.2) is 0 Å². The van der Waals surface area contributed by atoms with Crippen molar-refractivity contribution in [2.24, 2.45) is 0 Å². The molecule has 0 saturated heterocycles. The van der Waals surface area contributed by atoms with E-state index in [4.69, 9.17) is 11.0 Å². The lowest BCUT2D eigenvalue weighted by Gasteiger charge is -2.18. The van der Waals surface area contributed by atoms with E-state index >= 15 is 0 Å². The van der Waals surface area contributed by atoms with E-state index in [9.17, 15) is 4.79 Å². The average Bonchev–Trinajstić information content (AvgIpc) is 2.46. The predicted octanol–water partition coefficient (Wildman–Crippen LogP) is 1.81. The monoisotopic (exact) mass is 252 g/mol. The number of hydrogen-bond acceptors (Lipinski definition) is 4. The summed E-state index contributed by atoms with van der Waals surface area (Å²) < 4.78 is 0. The number of nitriles is 1. The maximum atomic E-state index is 12.2. The van der Waals surface area contributed by atoms with E-state index < -0.39 is 0 Å². The molecule has 1 aromatic carbocycles. The van der Waals surface area contributed by atoms with Crippen LogP contribution in [0.5, 0.6) is 0 Å². The van der Waals surface area contributed by atoms with Gasteiger partial charge in [0.2, 0.25) is 0 Å². The van der Waals surface area contributed by atoms with Crippen LogP contribution in [0.25, 0.3) is 0 Å². The molecule has 1 aromatic heterocycles. The lowest BCUT2D eigenvalue weighted by atomic mass is 10.2. The van der Waals surface area contributed by atoms with Gasteiger partial charge >= 0.3 is 0 Å². The van der Waals surface area contributed by atoms with Crippen molar-refractivity contribution < 1.29 is 4.79 Å². The second kappa shape index (κ2) is 5.19. The Morgan fingerprint density at radius 3 is 2.63 bits per heavy atom. The summed E-state index contributed by atoms with van der Waals surface area (Å²) in [6.45, 7) is 0. The third-order valence-electron chi connectivity index (χ3n) is 2.71. The second-order valence-electron chi connectivity index (χ2n) is 3.97. The summed E-state index contributed by atoms with van der Waals surface area (Å²) in [6, 6.07) is 12.1. The maximum Gasteiger partial charge on any atom is 0.276 e. The number of carbonyl (C=O) groups is 1. The summed E-state index contributed by atoms with van der Waals surface area (Å²) in [4.78, 5) is 17.6. The second-order valence-corrected chi connectivity index (χ2v) is 3.97. The summed E-state index contributed by atoms with van der Waals surface area (Å²) in [5.41, 5.74) is 7.65. The van der Waals surface area contributed by atoms with Crippen LogP contribution in [-0.4, -0.2) is 17.9 Å². The Bertz CT molecular complexity index is 643. The van der Waals surface area contributed by atoms with Gasteiger partial charge in [0.1, 0.15) is 11.8 Å². The number of carbonyl (C=O) groups excluding carboxylic acids is 1. The van der Waals surface area contributed by atoms with E-state index in [2.05, 4.69) is 4.98 Å². The van der Waals surface area contributed by atoms with Crippen LogP contribution in [0.1, 0.15) is 16.1 Å². The first-order chi connectivity index (χ1) is 9.13. The van der Waals surface area contributed by atoms with Crippen LogP contribution in [-0.2, 0) is 0 Å². The molecule has 0 aliphatic rings. The summed E-state index contributed by atoms with van der Waals surface area (Å²) in [7, 11) is 1.63. The fourth-order valence-electron chi connectivity index (χ4n) is 1.66. The number of benzene rings is 1. The van der Waals surface area contributed by atoms with Gasteiger partial charge in [0, 0.05) is 13.2 Å². The van der Waals surface area contributed by atoms with Gasteiger partial charge in [-0.1, -0.05) is 12.1 Å². The molecular formula is C14H12N4O. The van der Waals surface area contributed by atoms with Gasteiger partial charge < -0.3 is 10.6 Å². The SMILES string of the molecule is CN(C(=O)c1ccc(C#N)cn1)c1ccccc1N. The molecule has 0 atom stereocenters. The Morgan fingerprint density at radius 1 is 1.32 bits per heavy atom. The van der Waals surface area contributed by atoms with Crippen molar-refractivity contribution in [1.82, 2.24) is 4.98 Å². The van der Waals surface area contributed by atoms with E-state index in [0.717, 1.165) is 0 Å². The fourth-order valence-corrected chi connectivity index (χ4v) is 1.66. The number of para-hydroxylation sites is 2. The standard InChI is InChI=1S/C14H12N4O/c1-18(13-5-3-2-4-11(13)16)14(19)12-7-6-10(8-15)9-17-12/h2-7,9H,16H2,1H3. The zero-order valence-corrected chi connectivity index (χ0v) is 10.4. The zero-order valence-electron chi connectivity index (χ0n) is 10.4. The fraction of sp³-hybridized carbons (Fsp3) is 0.0714. The number of pyridine rings is 1. The third kappa shape index (κ3) is 2.53. The highest BCUT2D eigenvalue weighted by molar-refractivity contribution is 6.05. The summed E-state index contributed by atoms with van der Waals surface area (Å²) in [6.07, 6.45) is 1.37. The smallest absolute Gasteiger partial charge is 0.276 e. The van der Waals surface area contributed by atoms with Gasteiger partial charge in [-0.05, 0) is 24.3 Å². The van der Waals surface area contributed by atoms with E-state index in [0.29, 0.717) is 16.9 Å². The first-order valence-corrected chi connectivity index (χ1v) is 5.62. The lowest BCUT2D eigenvalue weighted by Crippen LogP contribution is -2.27. The number of nitrogens with two attached hydrogens (primary N) is 1. The van der Waals surface area contributed by atoms with Crippen LogP contribution in [0.2, 0.25) is 0 Å². The van der Waals surface area contributed by atoms with Crippen molar-refractivity contribution in [2.75, 3.05) is 17.7 Å². The molecule has 2 N–H and O–H groups in total. The molecule has 2 rings (SSSR count). The van der Waals surface area contributed by atoms with Crippen LogP contribution >= 0.6 is 0 Å². The number of aromatic nitrogens is 1. The number of nitrogen functional groups attached to an aromatic ring is 1. The van der Waals surface area contributed by atoms with E-state index in [1.54, 1.807) is 31.3 Å². The molecule has 0 aliphatic heterocycles. The average molecular weight is 252 g/mol. The predicted molar refractivity (Wildman–Crippen MR) is 72.5 cm³/mol. The van der Waals surface area contributed by atoms with Gasteiger partial charge in [0.05, 0.1) is 16.9 Å². The molecule has 0 unspecified atom stereocenters. The molecule has 94 valence electrons. The minimum absolute atomic E-state index is 0.268. The highest BCUT2D eigenvalue weighted by atomic mass is 16.2. The summed E-state index contributed by atoms with van der Waals surface area (Å²) in [5.74, 6) is -0.276. The van der Waals surface area contributed by atoms with Crippen LogP contribution in [0.15, 0.2) is 42.6 Å². The third-order valence-corrected chi connectivity index (χ3v) is 2.71. The Hall–Kier alpha value is -2.87. The minimum atomic E-state index is -0.276. The van der Waals surface area contributed by atoms with Crippen LogP contribution in [0.4, 0.5) is 11.4 Å². The number of anilines is 2. The number of nitrogens with zero attached hydrogens (tertiary/aromatic N) is 3. The van der Waals surface area contributed by atoms with Crippen molar-refractivity contribution in [2.45, 2.75) is 0 Å². The Kier molecular flexibility index (Phi) is 3.44. The molecule has 0 bridgehead atoms. The minimum Gasteiger partial charge on any atom is -0.397 e. The van der Waals surface area contributed by atoms with Gasteiger partial charge in [-0.2, -0.15) is 5.26 Å². The van der Waals surface area contributed by atoms with Crippen molar-refractivity contribution >= 4 is 17.3 Å². The van der Waals surface area contributed by atoms with Gasteiger partial charge in [0.25, 0.3) is 5.91 Å². The molecule has 0 saturated carbocycles. The molecule has 5 heteroatoms. The van der Waals surface area contributed by atoms with E-state index in [1.165, 1.54) is 17.2 Å². The molecule has 1 heterocycles. The molecule has 5 nitrogen and oxygen atoms in total. The number of hydrogen-bond donors (Lipinski definition) is 1. The highest BCUT2D eigenvalue weighted by Gasteiger charge is 2.16. The lowest BCUT2D eigenvalue weighted by molar-refractivity contribution is 0.0988. The van der Waals surface area contributed by atoms with Crippen molar-refractivity contribution in [3.05, 3.63) is 53.9 Å².